The molecule has 0 spiro atoms. The van der Waals surface area contributed by atoms with Gasteiger partial charge in [-0.15, -0.1) is 0 Å². The zero-order valence-electron chi connectivity index (χ0n) is 13.0. The Morgan fingerprint density at radius 2 is 1.90 bits per heavy atom. The molecule has 1 fully saturated rings. The molecule has 0 aromatic carbocycles. The van der Waals surface area contributed by atoms with Gasteiger partial charge in [0.2, 0.25) is 5.88 Å². The van der Waals surface area contributed by atoms with Crippen LogP contribution in [0.2, 0.25) is 0 Å². The van der Waals surface area contributed by atoms with Gasteiger partial charge in [0.05, 0.1) is 17.8 Å². The molecule has 0 bridgehead atoms. The first-order chi connectivity index (χ1) is 9.51. The highest BCUT2D eigenvalue weighted by Gasteiger charge is 2.27. The van der Waals surface area contributed by atoms with E-state index in [-0.39, 0.29) is 18.3 Å². The lowest BCUT2D eigenvalue weighted by Gasteiger charge is -2.32. The maximum atomic E-state index is 6.16. The Morgan fingerprint density at radius 3 is 2.45 bits per heavy atom. The van der Waals surface area contributed by atoms with Gasteiger partial charge in [-0.2, -0.15) is 0 Å². The summed E-state index contributed by atoms with van der Waals surface area (Å²) < 4.78 is 11.9. The Bertz CT molecular complexity index is 441. The predicted molar refractivity (Wildman–Crippen MR) is 79.3 cm³/mol. The van der Waals surface area contributed by atoms with Crippen molar-refractivity contribution in [1.82, 2.24) is 9.97 Å². The first-order valence-electron chi connectivity index (χ1n) is 7.36. The van der Waals surface area contributed by atoms with Gasteiger partial charge in [0, 0.05) is 19.9 Å². The third-order valence-electron chi connectivity index (χ3n) is 3.59. The molecular formula is C15H25N3O2. The molecule has 0 amide bonds. The van der Waals surface area contributed by atoms with E-state index in [1.807, 2.05) is 7.05 Å². The summed E-state index contributed by atoms with van der Waals surface area (Å²) in [6.45, 7) is 8.44. The average molecular weight is 279 g/mol. The van der Waals surface area contributed by atoms with Crippen molar-refractivity contribution in [2.45, 2.75) is 64.8 Å². The van der Waals surface area contributed by atoms with Gasteiger partial charge < -0.3 is 14.8 Å². The molecule has 0 saturated carbocycles. The largest absolute Gasteiger partial charge is 0.474 e. The van der Waals surface area contributed by atoms with Crippen LogP contribution in [0.4, 0.5) is 5.82 Å². The molecular weight excluding hydrogens is 254 g/mol. The van der Waals surface area contributed by atoms with E-state index in [1.54, 1.807) is 6.33 Å². The Labute approximate surface area is 121 Å². The Kier molecular flexibility index (Phi) is 4.81. The normalized spacial score (nSPS) is 26.6. The van der Waals surface area contributed by atoms with Gasteiger partial charge >= 0.3 is 0 Å². The third-order valence-corrected chi connectivity index (χ3v) is 3.59. The lowest BCUT2D eigenvalue weighted by molar-refractivity contribution is -0.0731. The second-order valence-electron chi connectivity index (χ2n) is 5.81. The number of nitrogens with zero attached hydrogens (tertiary/aromatic N) is 2. The van der Waals surface area contributed by atoms with Gasteiger partial charge in [-0.1, -0.05) is 13.8 Å². The predicted octanol–water partition coefficient (Wildman–Crippen LogP) is 2.98. The number of hydrogen-bond donors (Lipinski definition) is 1. The van der Waals surface area contributed by atoms with E-state index in [1.165, 1.54) is 0 Å². The molecule has 112 valence electrons. The van der Waals surface area contributed by atoms with Crippen LogP contribution < -0.4 is 10.1 Å². The molecule has 1 aromatic rings. The number of hydrogen-bond acceptors (Lipinski definition) is 5. The molecule has 5 nitrogen and oxygen atoms in total. The molecule has 0 aliphatic carbocycles. The molecule has 1 aliphatic heterocycles. The number of aromatic nitrogens is 2. The van der Waals surface area contributed by atoms with Crippen molar-refractivity contribution < 1.29 is 9.47 Å². The lowest BCUT2D eigenvalue weighted by Crippen LogP contribution is -2.36. The summed E-state index contributed by atoms with van der Waals surface area (Å²) in [5.74, 6) is 1.85. The molecule has 2 rings (SSSR count). The maximum absolute atomic E-state index is 6.16. The molecule has 2 atom stereocenters. The summed E-state index contributed by atoms with van der Waals surface area (Å²) in [7, 11) is 1.87. The van der Waals surface area contributed by atoms with Crippen LogP contribution in [0.15, 0.2) is 6.33 Å². The van der Waals surface area contributed by atoms with Gasteiger partial charge in [-0.25, -0.2) is 9.97 Å². The Balaban J connectivity index is 2.20. The van der Waals surface area contributed by atoms with Crippen molar-refractivity contribution in [3.63, 3.8) is 0 Å². The summed E-state index contributed by atoms with van der Waals surface area (Å²) in [4.78, 5) is 8.61. The van der Waals surface area contributed by atoms with Crippen molar-refractivity contribution >= 4 is 5.82 Å². The van der Waals surface area contributed by atoms with E-state index in [4.69, 9.17) is 9.47 Å². The summed E-state index contributed by atoms with van der Waals surface area (Å²) in [6.07, 6.45) is 3.99. The summed E-state index contributed by atoms with van der Waals surface area (Å²) in [6, 6.07) is 0. The molecule has 2 unspecified atom stereocenters. The zero-order valence-corrected chi connectivity index (χ0v) is 13.0. The zero-order chi connectivity index (χ0) is 14.7. The van der Waals surface area contributed by atoms with Crippen molar-refractivity contribution in [2.24, 2.45) is 0 Å². The smallest absolute Gasteiger partial charge is 0.222 e. The van der Waals surface area contributed by atoms with Crippen molar-refractivity contribution in [1.29, 1.82) is 0 Å². The fourth-order valence-electron chi connectivity index (χ4n) is 2.79. The quantitative estimate of drug-likeness (QED) is 0.918. The highest BCUT2D eigenvalue weighted by Crippen LogP contribution is 2.32. The third kappa shape index (κ3) is 3.39. The van der Waals surface area contributed by atoms with Crippen LogP contribution in [0.25, 0.3) is 0 Å². The van der Waals surface area contributed by atoms with E-state index < -0.39 is 0 Å². The molecule has 5 heteroatoms. The molecule has 0 radical (unpaired) electrons. The highest BCUT2D eigenvalue weighted by atomic mass is 16.5. The van der Waals surface area contributed by atoms with Crippen LogP contribution >= 0.6 is 0 Å². The molecule has 1 N–H and O–H groups in total. The summed E-state index contributed by atoms with van der Waals surface area (Å²) >= 11 is 0. The Hall–Kier alpha value is -1.36. The van der Waals surface area contributed by atoms with Crippen molar-refractivity contribution in [3.05, 3.63) is 11.9 Å². The molecule has 2 heterocycles. The van der Waals surface area contributed by atoms with E-state index in [9.17, 15) is 0 Å². The van der Waals surface area contributed by atoms with Crippen LogP contribution in [-0.2, 0) is 4.74 Å². The number of anilines is 1. The second-order valence-corrected chi connectivity index (χ2v) is 5.81. The van der Waals surface area contributed by atoms with E-state index in [0.717, 1.165) is 24.2 Å². The van der Waals surface area contributed by atoms with E-state index in [0.29, 0.717) is 11.8 Å². The van der Waals surface area contributed by atoms with Gasteiger partial charge in [0.1, 0.15) is 18.2 Å². The standard InChI is InChI=1S/C15H25N3O2/c1-9(2)13-14(16-5)17-8-18-15(13)20-12-6-10(3)19-11(4)7-12/h8-12H,6-7H2,1-5H3,(H,16,17,18). The van der Waals surface area contributed by atoms with Crippen molar-refractivity contribution in [2.75, 3.05) is 12.4 Å². The monoisotopic (exact) mass is 279 g/mol. The van der Waals surface area contributed by atoms with E-state index >= 15 is 0 Å². The SMILES string of the molecule is CNc1ncnc(OC2CC(C)OC(C)C2)c1C(C)C. The topological polar surface area (TPSA) is 56.3 Å². The number of rotatable bonds is 4. The fraction of sp³-hybridized carbons (Fsp3) is 0.733. The second kappa shape index (κ2) is 6.39. The fourth-order valence-corrected chi connectivity index (χ4v) is 2.79. The van der Waals surface area contributed by atoms with Gasteiger partial charge in [0.15, 0.2) is 0 Å². The van der Waals surface area contributed by atoms with Crippen LogP contribution in [0.3, 0.4) is 0 Å². The summed E-state index contributed by atoms with van der Waals surface area (Å²) in [5.41, 5.74) is 1.04. The highest BCUT2D eigenvalue weighted by molar-refractivity contribution is 5.50. The minimum absolute atomic E-state index is 0.158. The minimum atomic E-state index is 0.158. The average Bonchev–Trinajstić information content (AvgIpc) is 2.36. The van der Waals surface area contributed by atoms with Crippen molar-refractivity contribution in [3.8, 4) is 5.88 Å². The van der Waals surface area contributed by atoms with Gasteiger partial charge in [0.25, 0.3) is 0 Å². The van der Waals surface area contributed by atoms with Crippen LogP contribution in [0.1, 0.15) is 52.0 Å². The molecule has 1 aromatic heterocycles. The van der Waals surface area contributed by atoms with Crippen LogP contribution in [-0.4, -0.2) is 35.3 Å². The maximum Gasteiger partial charge on any atom is 0.222 e. The first-order valence-corrected chi connectivity index (χ1v) is 7.36. The lowest BCUT2D eigenvalue weighted by atomic mass is 10.0. The molecule has 20 heavy (non-hydrogen) atoms. The summed E-state index contributed by atoms with van der Waals surface area (Å²) in [5, 5.41) is 3.12. The number of nitrogens with one attached hydrogen (secondary N) is 1. The van der Waals surface area contributed by atoms with Crippen LogP contribution in [0.5, 0.6) is 5.88 Å². The first kappa shape index (κ1) is 15.0. The molecule has 1 aliphatic rings. The Morgan fingerprint density at radius 1 is 1.25 bits per heavy atom. The minimum Gasteiger partial charge on any atom is -0.474 e. The van der Waals surface area contributed by atoms with Gasteiger partial charge in [-0.05, 0) is 19.8 Å². The molecule has 1 saturated heterocycles. The van der Waals surface area contributed by atoms with Crippen LogP contribution in [0, 0.1) is 0 Å². The number of ether oxygens (including phenoxy) is 2. The van der Waals surface area contributed by atoms with Gasteiger partial charge in [-0.3, -0.25) is 0 Å². The van der Waals surface area contributed by atoms with E-state index in [2.05, 4.69) is 43.0 Å².